The molecule has 0 amide bonds. The lowest BCUT2D eigenvalue weighted by Crippen LogP contribution is -1.94. The molecule has 1 N–H and O–H groups in total. The second-order valence-corrected chi connectivity index (χ2v) is 2.63. The largest absolute Gasteiger partial charge is 0.314 e. The van der Waals surface area contributed by atoms with Crippen molar-refractivity contribution < 1.29 is 0 Å². The highest BCUT2D eigenvalue weighted by Gasteiger charge is 1.86. The Morgan fingerprint density at radius 3 is 2.80 bits per heavy atom. The van der Waals surface area contributed by atoms with Crippen molar-refractivity contribution in [2.45, 2.75) is 4.90 Å². The van der Waals surface area contributed by atoms with Crippen LogP contribution >= 0.6 is 24.2 Å². The Hall–Kier alpha value is -0.540. The minimum atomic E-state index is 1.11. The van der Waals surface area contributed by atoms with E-state index in [-0.39, 0.29) is 0 Å². The molecule has 0 fully saturated rings. The van der Waals surface area contributed by atoms with E-state index in [1.54, 1.807) is 0 Å². The standard InChI is InChI=1S/C7H5NS2/c9-6-8-10-7-4-2-1-3-5-7/h2-5H,(H,8,9). The molecule has 1 nitrogen and oxygen atoms in total. The first kappa shape index (κ1) is 7.57. The van der Waals surface area contributed by atoms with Crippen LogP contribution in [0.15, 0.2) is 29.2 Å². The molecule has 1 rings (SSSR count). The summed E-state index contributed by atoms with van der Waals surface area (Å²) in [7, 11) is 0. The number of nitrogens with one attached hydrogen (secondary N) is 1. The molecule has 0 aliphatic carbocycles. The topological polar surface area (TPSA) is 12.0 Å². The molecule has 50 valence electrons. The molecule has 10 heavy (non-hydrogen) atoms. The van der Waals surface area contributed by atoms with Gasteiger partial charge in [-0.05, 0) is 30.1 Å². The van der Waals surface area contributed by atoms with Crippen LogP contribution in [0.5, 0.6) is 0 Å². The van der Waals surface area contributed by atoms with Crippen LogP contribution < -0.4 is 4.72 Å². The van der Waals surface area contributed by atoms with E-state index in [1.807, 2.05) is 24.3 Å². The number of thiocarbonyl (C=S) groups is 1. The fraction of sp³-hybridized carbons (Fsp3) is 0. The van der Waals surface area contributed by atoms with Gasteiger partial charge in [0.25, 0.3) is 0 Å². The molecule has 1 aromatic carbocycles. The van der Waals surface area contributed by atoms with Crippen molar-refractivity contribution >= 4 is 29.7 Å². The molecular formula is C7H5NS2. The van der Waals surface area contributed by atoms with Crippen molar-refractivity contribution in [3.05, 3.63) is 30.3 Å². The summed E-state index contributed by atoms with van der Waals surface area (Å²) < 4.78 is 2.73. The quantitative estimate of drug-likeness (QED) is 0.419. The third-order valence-corrected chi connectivity index (χ3v) is 1.84. The highest BCUT2D eigenvalue weighted by atomic mass is 32.2. The Balaban J connectivity index is 2.50. The van der Waals surface area contributed by atoms with Gasteiger partial charge in [-0.25, -0.2) is 0 Å². The predicted octanol–water partition coefficient (Wildman–Crippen LogP) is 1.92. The highest BCUT2D eigenvalue weighted by molar-refractivity contribution is 7.98. The van der Waals surface area contributed by atoms with Gasteiger partial charge in [0.15, 0.2) is 0 Å². The first-order chi connectivity index (χ1) is 4.93. The van der Waals surface area contributed by atoms with Crippen LogP contribution in [0.25, 0.3) is 0 Å². The summed E-state index contributed by atoms with van der Waals surface area (Å²) in [4.78, 5) is 1.11. The Morgan fingerprint density at radius 2 is 2.20 bits per heavy atom. The van der Waals surface area contributed by atoms with Crippen molar-refractivity contribution in [2.24, 2.45) is 0 Å². The smallest absolute Gasteiger partial charge is 0.145 e. The number of hydrogen-bond donors (Lipinski definition) is 1. The van der Waals surface area contributed by atoms with Crippen LogP contribution in [-0.4, -0.2) is 5.49 Å². The van der Waals surface area contributed by atoms with E-state index in [1.165, 1.54) is 11.9 Å². The van der Waals surface area contributed by atoms with Gasteiger partial charge in [0.2, 0.25) is 0 Å². The zero-order chi connectivity index (χ0) is 7.23. The van der Waals surface area contributed by atoms with E-state index in [4.69, 9.17) is 0 Å². The first-order valence-corrected chi connectivity index (χ1v) is 3.91. The van der Waals surface area contributed by atoms with Gasteiger partial charge in [-0.2, -0.15) is 0 Å². The zero-order valence-electron chi connectivity index (χ0n) is 5.13. The van der Waals surface area contributed by atoms with Crippen LogP contribution in [0.1, 0.15) is 0 Å². The molecule has 0 atom stereocenters. The fourth-order valence-electron chi connectivity index (χ4n) is 0.519. The molecule has 3 heteroatoms. The molecular weight excluding hydrogens is 162 g/mol. The molecule has 0 saturated carbocycles. The Bertz CT molecular complexity index is 198. The van der Waals surface area contributed by atoms with E-state index in [2.05, 4.69) is 28.5 Å². The van der Waals surface area contributed by atoms with Gasteiger partial charge < -0.3 is 4.72 Å². The number of benzene rings is 1. The van der Waals surface area contributed by atoms with Crippen LogP contribution in [0.2, 0.25) is 0 Å². The minimum absolute atomic E-state index is 1.11. The average molecular weight is 167 g/mol. The minimum Gasteiger partial charge on any atom is -0.314 e. The number of hydrogen-bond acceptors (Lipinski definition) is 2. The summed E-state index contributed by atoms with van der Waals surface area (Å²) in [6.45, 7) is 0. The fourth-order valence-corrected chi connectivity index (χ4v) is 1.08. The summed E-state index contributed by atoms with van der Waals surface area (Å²) in [5, 5.41) is 0. The van der Waals surface area contributed by atoms with Gasteiger partial charge in [0, 0.05) is 4.90 Å². The Labute approximate surface area is 70.0 Å². The second-order valence-electron chi connectivity index (χ2n) is 1.54. The molecule has 0 saturated heterocycles. The van der Waals surface area contributed by atoms with Gasteiger partial charge in [0.1, 0.15) is 5.49 Å². The molecule has 0 spiro atoms. The molecule has 2 radical (unpaired) electrons. The molecule has 0 aromatic heterocycles. The first-order valence-electron chi connectivity index (χ1n) is 2.68. The monoisotopic (exact) mass is 167 g/mol. The second kappa shape index (κ2) is 4.30. The molecule has 0 bridgehead atoms. The normalized spacial score (nSPS) is 8.80. The van der Waals surface area contributed by atoms with Crippen molar-refractivity contribution in [3.8, 4) is 0 Å². The molecule has 0 aliphatic rings. The molecule has 0 unspecified atom stereocenters. The number of rotatable bonds is 3. The summed E-state index contributed by atoms with van der Waals surface area (Å²) in [5.74, 6) is 0. The van der Waals surface area contributed by atoms with Crippen LogP contribution in [0.3, 0.4) is 0 Å². The highest BCUT2D eigenvalue weighted by Crippen LogP contribution is 2.11. The Morgan fingerprint density at radius 1 is 1.50 bits per heavy atom. The van der Waals surface area contributed by atoms with Crippen molar-refractivity contribution in [3.63, 3.8) is 0 Å². The van der Waals surface area contributed by atoms with Crippen LogP contribution in [0.4, 0.5) is 0 Å². The molecule has 0 heterocycles. The average Bonchev–Trinajstić information content (AvgIpc) is 2.03. The van der Waals surface area contributed by atoms with Crippen molar-refractivity contribution in [2.75, 3.05) is 0 Å². The third-order valence-electron chi connectivity index (χ3n) is 0.898. The van der Waals surface area contributed by atoms with Gasteiger partial charge in [0.05, 0.1) is 0 Å². The lowest BCUT2D eigenvalue weighted by Gasteiger charge is -1.95. The van der Waals surface area contributed by atoms with E-state index in [0.717, 1.165) is 4.90 Å². The third kappa shape index (κ3) is 2.37. The SMILES string of the molecule is S=[C]NSc1cc[c]cc1. The van der Waals surface area contributed by atoms with E-state index >= 15 is 0 Å². The maximum absolute atomic E-state index is 4.46. The summed E-state index contributed by atoms with van der Waals surface area (Å²) in [6, 6.07) is 10.5. The predicted molar refractivity (Wildman–Crippen MR) is 46.9 cm³/mol. The maximum Gasteiger partial charge on any atom is 0.145 e. The molecule has 1 aromatic rings. The van der Waals surface area contributed by atoms with Crippen molar-refractivity contribution in [1.29, 1.82) is 0 Å². The van der Waals surface area contributed by atoms with Gasteiger partial charge >= 0.3 is 0 Å². The maximum atomic E-state index is 4.46. The summed E-state index contributed by atoms with van der Waals surface area (Å²) in [5.41, 5.74) is 2.40. The lowest BCUT2D eigenvalue weighted by atomic mass is 10.4. The summed E-state index contributed by atoms with van der Waals surface area (Å²) in [6.07, 6.45) is 0. The van der Waals surface area contributed by atoms with Gasteiger partial charge in [-0.3, -0.25) is 0 Å². The zero-order valence-corrected chi connectivity index (χ0v) is 6.76. The van der Waals surface area contributed by atoms with Gasteiger partial charge in [-0.1, -0.05) is 24.4 Å². The van der Waals surface area contributed by atoms with Crippen LogP contribution in [0, 0.1) is 6.07 Å². The van der Waals surface area contributed by atoms with Gasteiger partial charge in [-0.15, -0.1) is 0 Å². The summed E-state index contributed by atoms with van der Waals surface area (Å²) >= 11 is 5.90. The van der Waals surface area contributed by atoms with E-state index < -0.39 is 0 Å². The lowest BCUT2D eigenvalue weighted by molar-refractivity contribution is 1.43. The van der Waals surface area contributed by atoms with E-state index in [0.29, 0.717) is 0 Å². The van der Waals surface area contributed by atoms with Crippen molar-refractivity contribution in [1.82, 2.24) is 4.72 Å². The Kier molecular flexibility index (Phi) is 3.26. The molecule has 0 aliphatic heterocycles. The van der Waals surface area contributed by atoms with E-state index in [9.17, 15) is 0 Å². The van der Waals surface area contributed by atoms with Crippen LogP contribution in [-0.2, 0) is 0 Å².